The first-order valence-electron chi connectivity index (χ1n) is 10.8. The van der Waals surface area contributed by atoms with Gasteiger partial charge in [-0.2, -0.15) is 0 Å². The van der Waals surface area contributed by atoms with Gasteiger partial charge in [-0.25, -0.2) is 4.98 Å². The normalized spacial score (nSPS) is 17.2. The van der Waals surface area contributed by atoms with Gasteiger partial charge in [-0.05, 0) is 57.4 Å². The molecule has 1 saturated carbocycles. The van der Waals surface area contributed by atoms with Gasteiger partial charge in [0.1, 0.15) is 5.82 Å². The minimum absolute atomic E-state index is 0.0191. The van der Waals surface area contributed by atoms with Crippen LogP contribution >= 0.6 is 0 Å². The highest BCUT2D eigenvalue weighted by atomic mass is 16.5. The average molecular weight is 400 g/mol. The molecule has 0 bridgehead atoms. The third-order valence-electron chi connectivity index (χ3n) is 5.54. The van der Waals surface area contributed by atoms with E-state index in [1.54, 1.807) is 26.2 Å². The smallest absolute Gasteiger partial charge is 0.135 e. The van der Waals surface area contributed by atoms with Crippen molar-refractivity contribution in [2.24, 2.45) is 0 Å². The predicted octanol–water partition coefficient (Wildman–Crippen LogP) is 4.48. The number of aryl methyl sites for hydroxylation is 1. The zero-order valence-corrected chi connectivity index (χ0v) is 18.3. The van der Waals surface area contributed by atoms with Crippen LogP contribution < -0.4 is 10.6 Å². The maximum atomic E-state index is 8.35. The van der Waals surface area contributed by atoms with Crippen molar-refractivity contribution in [3.05, 3.63) is 35.5 Å². The van der Waals surface area contributed by atoms with Crippen molar-refractivity contribution in [1.29, 1.82) is 10.8 Å². The van der Waals surface area contributed by atoms with E-state index in [-0.39, 0.29) is 12.1 Å². The Morgan fingerprint density at radius 3 is 2.59 bits per heavy atom. The van der Waals surface area contributed by atoms with Crippen LogP contribution in [0, 0.1) is 17.7 Å². The molecule has 1 aromatic rings. The second kappa shape index (κ2) is 11.8. The SMILES string of the molecule is CCC(NC1CCCCC1)C(CNc1nc(C)ccc1C(=N)C=CC(C)=N)OC. The summed E-state index contributed by atoms with van der Waals surface area (Å²) in [6, 6.07) is 4.69. The zero-order valence-electron chi connectivity index (χ0n) is 18.3. The van der Waals surface area contributed by atoms with Gasteiger partial charge >= 0.3 is 0 Å². The number of pyridine rings is 1. The third kappa shape index (κ3) is 7.37. The largest absolute Gasteiger partial charge is 0.378 e. The molecule has 0 saturated heterocycles. The minimum atomic E-state index is 0.0191. The van der Waals surface area contributed by atoms with Crippen molar-refractivity contribution >= 4 is 17.2 Å². The molecule has 2 unspecified atom stereocenters. The molecule has 1 fully saturated rings. The Kier molecular flexibility index (Phi) is 9.48. The lowest BCUT2D eigenvalue weighted by atomic mass is 9.94. The summed E-state index contributed by atoms with van der Waals surface area (Å²) in [5.41, 5.74) is 2.39. The van der Waals surface area contributed by atoms with Crippen LogP contribution in [0.25, 0.3) is 0 Å². The molecule has 1 aliphatic rings. The van der Waals surface area contributed by atoms with E-state index in [9.17, 15) is 0 Å². The fourth-order valence-corrected chi connectivity index (χ4v) is 3.85. The summed E-state index contributed by atoms with van der Waals surface area (Å²) in [4.78, 5) is 4.61. The molecule has 6 heteroatoms. The summed E-state index contributed by atoms with van der Waals surface area (Å²) in [7, 11) is 1.76. The topological polar surface area (TPSA) is 93.9 Å². The molecule has 4 N–H and O–H groups in total. The number of nitrogens with zero attached hydrogens (tertiary/aromatic N) is 1. The number of ether oxygens (including phenoxy) is 1. The summed E-state index contributed by atoms with van der Waals surface area (Å²) in [5.74, 6) is 0.692. The first kappa shape index (κ1) is 23.2. The van der Waals surface area contributed by atoms with Gasteiger partial charge in [0.15, 0.2) is 0 Å². The summed E-state index contributed by atoms with van der Waals surface area (Å²) in [6.07, 6.45) is 10.8. The molecule has 2 rings (SSSR count). The Bertz CT molecular complexity index is 709. The third-order valence-corrected chi connectivity index (χ3v) is 5.54. The number of methoxy groups -OCH3 is 1. The summed E-state index contributed by atoms with van der Waals surface area (Å²) in [5, 5.41) is 23.1. The number of anilines is 1. The standard InChI is InChI=1S/C23H37N5O/c1-5-21(28-18-9-7-6-8-10-18)22(29-4)15-26-23-19(13-12-17(3)27-23)20(25)14-11-16(2)24/h11-14,18,21-22,24-25,28H,5-10,15H2,1-4H3,(H,26,27). The van der Waals surface area contributed by atoms with Crippen LogP contribution in [0.2, 0.25) is 0 Å². The van der Waals surface area contributed by atoms with E-state index in [1.165, 1.54) is 32.1 Å². The molecule has 0 amide bonds. The van der Waals surface area contributed by atoms with Gasteiger partial charge in [-0.1, -0.05) is 26.2 Å². The number of hydrogen-bond acceptors (Lipinski definition) is 6. The van der Waals surface area contributed by atoms with Gasteiger partial charge in [-0.15, -0.1) is 0 Å². The van der Waals surface area contributed by atoms with Gasteiger partial charge in [0.25, 0.3) is 0 Å². The number of allylic oxidation sites excluding steroid dienone is 2. The molecule has 0 aliphatic heterocycles. The molecule has 160 valence electrons. The lowest BCUT2D eigenvalue weighted by Crippen LogP contribution is -2.49. The van der Waals surface area contributed by atoms with E-state index >= 15 is 0 Å². The van der Waals surface area contributed by atoms with E-state index in [1.807, 2.05) is 19.1 Å². The Balaban J connectivity index is 2.07. The van der Waals surface area contributed by atoms with Crippen molar-refractivity contribution in [2.75, 3.05) is 19.0 Å². The highest BCUT2D eigenvalue weighted by Gasteiger charge is 2.24. The van der Waals surface area contributed by atoms with Crippen LogP contribution in [0.15, 0.2) is 24.3 Å². The van der Waals surface area contributed by atoms with Crippen molar-refractivity contribution in [2.45, 2.75) is 77.5 Å². The summed E-state index contributed by atoms with van der Waals surface area (Å²) in [6.45, 7) is 6.47. The van der Waals surface area contributed by atoms with Gasteiger partial charge in [-0.3, -0.25) is 0 Å². The number of hydrogen-bond donors (Lipinski definition) is 4. The van der Waals surface area contributed by atoms with E-state index in [0.29, 0.717) is 29.8 Å². The first-order valence-corrected chi connectivity index (χ1v) is 10.8. The lowest BCUT2D eigenvalue weighted by molar-refractivity contribution is 0.0699. The molecular weight excluding hydrogens is 362 g/mol. The van der Waals surface area contributed by atoms with Gasteiger partial charge in [0.05, 0.1) is 11.8 Å². The van der Waals surface area contributed by atoms with E-state index < -0.39 is 0 Å². The number of aromatic nitrogens is 1. The Morgan fingerprint density at radius 2 is 1.97 bits per heavy atom. The molecule has 29 heavy (non-hydrogen) atoms. The molecule has 1 aromatic heterocycles. The maximum Gasteiger partial charge on any atom is 0.135 e. The van der Waals surface area contributed by atoms with Crippen molar-refractivity contribution in [3.63, 3.8) is 0 Å². The lowest BCUT2D eigenvalue weighted by Gasteiger charge is -2.32. The van der Waals surface area contributed by atoms with E-state index in [2.05, 4.69) is 22.5 Å². The van der Waals surface area contributed by atoms with Gasteiger partial charge in [0, 0.05) is 42.7 Å². The van der Waals surface area contributed by atoms with Crippen molar-refractivity contribution in [3.8, 4) is 0 Å². The second-order valence-electron chi connectivity index (χ2n) is 7.95. The average Bonchev–Trinajstić information content (AvgIpc) is 2.72. The molecule has 2 atom stereocenters. The Morgan fingerprint density at radius 1 is 1.24 bits per heavy atom. The van der Waals surface area contributed by atoms with Gasteiger partial charge < -0.3 is 26.2 Å². The molecule has 1 heterocycles. The quantitative estimate of drug-likeness (QED) is 0.413. The summed E-state index contributed by atoms with van der Waals surface area (Å²) >= 11 is 0. The van der Waals surface area contributed by atoms with E-state index in [0.717, 1.165) is 17.7 Å². The highest BCUT2D eigenvalue weighted by Crippen LogP contribution is 2.20. The molecule has 0 radical (unpaired) electrons. The molecule has 0 spiro atoms. The first-order chi connectivity index (χ1) is 13.9. The Labute approximate surface area is 175 Å². The van der Waals surface area contributed by atoms with Crippen molar-refractivity contribution < 1.29 is 4.74 Å². The molecular formula is C23H37N5O. The van der Waals surface area contributed by atoms with E-state index in [4.69, 9.17) is 15.6 Å². The van der Waals surface area contributed by atoms with Crippen molar-refractivity contribution in [1.82, 2.24) is 10.3 Å². The highest BCUT2D eigenvalue weighted by molar-refractivity contribution is 6.12. The number of nitrogens with one attached hydrogen (secondary N) is 4. The molecule has 0 aromatic carbocycles. The summed E-state index contributed by atoms with van der Waals surface area (Å²) < 4.78 is 5.83. The van der Waals surface area contributed by atoms with Gasteiger partial charge in [0.2, 0.25) is 0 Å². The monoisotopic (exact) mass is 399 g/mol. The van der Waals surface area contributed by atoms with Crippen LogP contribution in [0.3, 0.4) is 0 Å². The fraction of sp³-hybridized carbons (Fsp3) is 0.609. The van der Waals surface area contributed by atoms with Crippen LogP contribution in [0.1, 0.15) is 63.6 Å². The Hall–Kier alpha value is -2.05. The predicted molar refractivity (Wildman–Crippen MR) is 122 cm³/mol. The van der Waals surface area contributed by atoms with Crippen LogP contribution in [0.5, 0.6) is 0 Å². The van der Waals surface area contributed by atoms with Crippen LogP contribution in [-0.2, 0) is 4.74 Å². The maximum absolute atomic E-state index is 8.35. The second-order valence-corrected chi connectivity index (χ2v) is 7.95. The molecule has 6 nitrogen and oxygen atoms in total. The fourth-order valence-electron chi connectivity index (χ4n) is 3.85. The van der Waals surface area contributed by atoms with Crippen LogP contribution in [-0.4, -0.2) is 48.2 Å². The number of rotatable bonds is 11. The van der Waals surface area contributed by atoms with Crippen LogP contribution in [0.4, 0.5) is 5.82 Å². The zero-order chi connectivity index (χ0) is 21.2. The minimum Gasteiger partial charge on any atom is -0.378 e. The molecule has 1 aliphatic carbocycles.